The van der Waals surface area contributed by atoms with Crippen LogP contribution in [0.25, 0.3) is 11.0 Å². The molecule has 4 nitrogen and oxygen atoms in total. The van der Waals surface area contributed by atoms with Gasteiger partial charge in [0, 0.05) is 11.5 Å². The topological polar surface area (TPSA) is 51.5 Å². The van der Waals surface area contributed by atoms with E-state index in [9.17, 15) is 9.18 Å². The fourth-order valence-corrected chi connectivity index (χ4v) is 2.26. The van der Waals surface area contributed by atoms with Crippen LogP contribution in [0.3, 0.4) is 0 Å². The second kappa shape index (κ2) is 5.52. The van der Waals surface area contributed by atoms with E-state index in [-0.39, 0.29) is 11.6 Å². The SMILES string of the molecule is COc1cc(C)c(F)cc1NC(=O)c1coc2ccccc12. The van der Waals surface area contributed by atoms with Crippen LogP contribution in [0.4, 0.5) is 10.1 Å². The first-order valence-electron chi connectivity index (χ1n) is 6.72. The predicted molar refractivity (Wildman–Crippen MR) is 81.9 cm³/mol. The molecule has 1 N–H and O–H groups in total. The Morgan fingerprint density at radius 3 is 2.82 bits per heavy atom. The van der Waals surface area contributed by atoms with Crippen molar-refractivity contribution in [3.05, 3.63) is 59.6 Å². The van der Waals surface area contributed by atoms with Crippen molar-refractivity contribution in [2.45, 2.75) is 6.92 Å². The van der Waals surface area contributed by atoms with E-state index in [0.717, 1.165) is 0 Å². The largest absolute Gasteiger partial charge is 0.495 e. The lowest BCUT2D eigenvalue weighted by molar-refractivity contribution is 0.102. The summed E-state index contributed by atoms with van der Waals surface area (Å²) in [5, 5.41) is 3.36. The first-order chi connectivity index (χ1) is 10.6. The number of amides is 1. The van der Waals surface area contributed by atoms with Gasteiger partial charge in [-0.2, -0.15) is 0 Å². The maximum absolute atomic E-state index is 13.7. The Kier molecular flexibility index (Phi) is 3.55. The van der Waals surface area contributed by atoms with Crippen LogP contribution in [0.2, 0.25) is 0 Å². The summed E-state index contributed by atoms with van der Waals surface area (Å²) in [5.74, 6) is -0.389. The second-order valence-electron chi connectivity index (χ2n) is 4.90. The fraction of sp³-hybridized carbons (Fsp3) is 0.118. The molecular weight excluding hydrogens is 285 g/mol. The average Bonchev–Trinajstić information content (AvgIpc) is 2.94. The highest BCUT2D eigenvalue weighted by atomic mass is 19.1. The average molecular weight is 299 g/mol. The van der Waals surface area contributed by atoms with Crippen molar-refractivity contribution in [1.82, 2.24) is 0 Å². The van der Waals surface area contributed by atoms with Crippen LogP contribution < -0.4 is 10.1 Å². The number of halogens is 1. The number of anilines is 1. The highest BCUT2D eigenvalue weighted by Gasteiger charge is 2.16. The number of nitrogens with one attached hydrogen (secondary N) is 1. The van der Waals surface area contributed by atoms with Crippen molar-refractivity contribution >= 4 is 22.6 Å². The Labute approximate surface area is 126 Å². The molecule has 0 aliphatic carbocycles. The van der Waals surface area contributed by atoms with Gasteiger partial charge in [-0.05, 0) is 24.6 Å². The zero-order valence-corrected chi connectivity index (χ0v) is 12.1. The van der Waals surface area contributed by atoms with Crippen molar-refractivity contribution in [2.24, 2.45) is 0 Å². The minimum Gasteiger partial charge on any atom is -0.495 e. The van der Waals surface area contributed by atoms with Gasteiger partial charge < -0.3 is 14.5 Å². The molecular formula is C17H14FNO3. The maximum Gasteiger partial charge on any atom is 0.259 e. The summed E-state index contributed by atoms with van der Waals surface area (Å²) in [6, 6.07) is 10.00. The van der Waals surface area contributed by atoms with Crippen molar-refractivity contribution in [3.63, 3.8) is 0 Å². The Bertz CT molecular complexity index is 854. The third-order valence-corrected chi connectivity index (χ3v) is 3.45. The Morgan fingerprint density at radius 1 is 1.27 bits per heavy atom. The molecule has 1 aromatic heterocycles. The van der Waals surface area contributed by atoms with Crippen molar-refractivity contribution in [2.75, 3.05) is 12.4 Å². The summed E-state index contributed by atoms with van der Waals surface area (Å²) in [6.07, 6.45) is 1.39. The molecule has 0 radical (unpaired) electrons. The van der Waals surface area contributed by atoms with Gasteiger partial charge in [0.15, 0.2) is 0 Å². The molecule has 0 spiro atoms. The molecule has 0 saturated heterocycles. The monoisotopic (exact) mass is 299 g/mol. The number of furan rings is 1. The minimum absolute atomic E-state index is 0.279. The van der Waals surface area contributed by atoms with Gasteiger partial charge in [-0.3, -0.25) is 4.79 Å². The molecule has 5 heteroatoms. The lowest BCUT2D eigenvalue weighted by atomic mass is 10.1. The highest BCUT2D eigenvalue weighted by molar-refractivity contribution is 6.12. The zero-order chi connectivity index (χ0) is 15.7. The van der Waals surface area contributed by atoms with Crippen LogP contribution in [0.15, 0.2) is 47.1 Å². The van der Waals surface area contributed by atoms with Gasteiger partial charge in [-0.15, -0.1) is 0 Å². The van der Waals surface area contributed by atoms with Gasteiger partial charge >= 0.3 is 0 Å². The van der Waals surface area contributed by atoms with E-state index in [1.165, 1.54) is 19.4 Å². The molecule has 112 valence electrons. The molecule has 3 aromatic rings. The Balaban J connectivity index is 1.96. The quantitative estimate of drug-likeness (QED) is 0.790. The molecule has 0 unspecified atom stereocenters. The number of carbonyl (C=O) groups excluding carboxylic acids is 1. The van der Waals surface area contributed by atoms with Gasteiger partial charge in [0.1, 0.15) is 23.4 Å². The van der Waals surface area contributed by atoms with Crippen molar-refractivity contribution in [1.29, 1.82) is 0 Å². The van der Waals surface area contributed by atoms with Gasteiger partial charge in [-0.25, -0.2) is 4.39 Å². The number of hydrogen-bond donors (Lipinski definition) is 1. The Hall–Kier alpha value is -2.82. The molecule has 2 aromatic carbocycles. The number of ether oxygens (including phenoxy) is 1. The normalized spacial score (nSPS) is 10.7. The number of fused-ring (bicyclic) bond motifs is 1. The third kappa shape index (κ3) is 2.41. The number of hydrogen-bond acceptors (Lipinski definition) is 3. The van der Waals surface area contributed by atoms with Crippen LogP contribution in [-0.2, 0) is 0 Å². The first kappa shape index (κ1) is 14.1. The van der Waals surface area contributed by atoms with Crippen molar-refractivity contribution < 1.29 is 18.3 Å². The summed E-state index contributed by atoms with van der Waals surface area (Å²) < 4.78 is 24.2. The number of rotatable bonds is 3. The van der Waals surface area contributed by atoms with E-state index in [0.29, 0.717) is 27.8 Å². The standard InChI is InChI=1S/C17H14FNO3/c1-10-7-16(21-2)14(8-13(10)18)19-17(20)12-9-22-15-6-4-3-5-11(12)15/h3-9H,1-2H3,(H,19,20). The van der Waals surface area contributed by atoms with Crippen LogP contribution >= 0.6 is 0 Å². The number of carbonyl (C=O) groups is 1. The fourth-order valence-electron chi connectivity index (χ4n) is 2.26. The molecule has 0 fully saturated rings. The Morgan fingerprint density at radius 2 is 2.05 bits per heavy atom. The van der Waals surface area contributed by atoms with Gasteiger partial charge in [0.2, 0.25) is 0 Å². The smallest absolute Gasteiger partial charge is 0.259 e. The van der Waals surface area contributed by atoms with E-state index < -0.39 is 5.82 Å². The summed E-state index contributed by atoms with van der Waals surface area (Å²) in [7, 11) is 1.47. The van der Waals surface area contributed by atoms with E-state index in [1.54, 1.807) is 25.1 Å². The zero-order valence-electron chi connectivity index (χ0n) is 12.1. The van der Waals surface area contributed by atoms with E-state index in [2.05, 4.69) is 5.32 Å². The second-order valence-corrected chi connectivity index (χ2v) is 4.90. The van der Waals surface area contributed by atoms with E-state index in [4.69, 9.17) is 9.15 Å². The van der Waals surface area contributed by atoms with E-state index in [1.807, 2.05) is 12.1 Å². The number of aryl methyl sites for hydroxylation is 1. The number of para-hydroxylation sites is 1. The first-order valence-corrected chi connectivity index (χ1v) is 6.72. The third-order valence-electron chi connectivity index (χ3n) is 3.45. The highest BCUT2D eigenvalue weighted by Crippen LogP contribution is 2.29. The van der Waals surface area contributed by atoms with Gasteiger partial charge in [0.05, 0.1) is 18.4 Å². The number of methoxy groups -OCH3 is 1. The predicted octanol–water partition coefficient (Wildman–Crippen LogP) is 4.14. The van der Waals surface area contributed by atoms with E-state index >= 15 is 0 Å². The van der Waals surface area contributed by atoms with Gasteiger partial charge in [0.25, 0.3) is 5.91 Å². The van der Waals surface area contributed by atoms with Crippen LogP contribution in [0, 0.1) is 12.7 Å². The molecule has 0 bridgehead atoms. The molecule has 3 rings (SSSR count). The summed E-state index contributed by atoms with van der Waals surface area (Å²) in [5.41, 5.74) is 1.73. The lowest BCUT2D eigenvalue weighted by Crippen LogP contribution is -2.12. The van der Waals surface area contributed by atoms with Crippen LogP contribution in [0.5, 0.6) is 5.75 Å². The molecule has 1 amide bonds. The van der Waals surface area contributed by atoms with Crippen molar-refractivity contribution in [3.8, 4) is 5.75 Å². The molecule has 0 atom stereocenters. The summed E-state index contributed by atoms with van der Waals surface area (Å²) in [6.45, 7) is 1.63. The summed E-state index contributed by atoms with van der Waals surface area (Å²) in [4.78, 5) is 12.4. The molecule has 0 aliphatic heterocycles. The van der Waals surface area contributed by atoms with Crippen LogP contribution in [-0.4, -0.2) is 13.0 Å². The molecule has 0 aliphatic rings. The number of benzene rings is 2. The summed E-state index contributed by atoms with van der Waals surface area (Å²) >= 11 is 0. The minimum atomic E-state index is -0.409. The van der Waals surface area contributed by atoms with Crippen LogP contribution in [0.1, 0.15) is 15.9 Å². The molecule has 0 saturated carbocycles. The maximum atomic E-state index is 13.7. The molecule has 22 heavy (non-hydrogen) atoms. The lowest BCUT2D eigenvalue weighted by Gasteiger charge is -2.11. The molecule has 1 heterocycles. The van der Waals surface area contributed by atoms with Gasteiger partial charge in [-0.1, -0.05) is 18.2 Å².